The lowest BCUT2D eigenvalue weighted by Crippen LogP contribution is -2.34. The molecule has 0 aliphatic carbocycles. The fourth-order valence-corrected chi connectivity index (χ4v) is 2.35. The molecule has 0 spiro atoms. The number of hydrogen-bond donors (Lipinski definition) is 1. The molecule has 0 aliphatic heterocycles. The zero-order valence-electron chi connectivity index (χ0n) is 15.8. The number of benzene rings is 1. The molecule has 0 bridgehead atoms. The van der Waals surface area contributed by atoms with Gasteiger partial charge in [-0.05, 0) is 56.6 Å². The first kappa shape index (κ1) is 21.3. The molecule has 5 nitrogen and oxygen atoms in total. The fourth-order valence-electron chi connectivity index (χ4n) is 2.35. The molecule has 0 heterocycles. The third kappa shape index (κ3) is 6.26. The first-order chi connectivity index (χ1) is 12.3. The number of rotatable bonds is 9. The van der Waals surface area contributed by atoms with Crippen molar-refractivity contribution in [1.82, 2.24) is 0 Å². The molecule has 0 radical (unpaired) electrons. The van der Waals surface area contributed by atoms with E-state index in [1.807, 2.05) is 44.2 Å². The van der Waals surface area contributed by atoms with Crippen LogP contribution in [0.4, 0.5) is 11.4 Å². The number of allylic oxidation sites excluding steroid dienone is 6. The Labute approximate surface area is 155 Å². The summed E-state index contributed by atoms with van der Waals surface area (Å²) in [5.41, 5.74) is 3.05. The van der Waals surface area contributed by atoms with Gasteiger partial charge in [0, 0.05) is 17.8 Å². The second kappa shape index (κ2) is 10.3. The lowest BCUT2D eigenvalue weighted by Gasteiger charge is -2.28. The zero-order valence-corrected chi connectivity index (χ0v) is 15.8. The fraction of sp³-hybridized carbons (Fsp3) is 0.286. The van der Waals surface area contributed by atoms with Gasteiger partial charge < -0.3 is 10.0 Å². The van der Waals surface area contributed by atoms with Crippen LogP contribution in [0.5, 0.6) is 0 Å². The van der Waals surface area contributed by atoms with E-state index in [0.29, 0.717) is 17.8 Å². The Balaban J connectivity index is 3.11. The summed E-state index contributed by atoms with van der Waals surface area (Å²) in [7, 11) is 0. The average molecular weight is 354 g/mol. The number of ketones is 1. The predicted octanol–water partition coefficient (Wildman–Crippen LogP) is 5.07. The highest BCUT2D eigenvalue weighted by Crippen LogP contribution is 2.27. The molecule has 1 unspecified atom stereocenters. The molecule has 0 saturated heterocycles. The van der Waals surface area contributed by atoms with Crippen molar-refractivity contribution in [1.29, 1.82) is 0 Å². The Morgan fingerprint density at radius 1 is 1.31 bits per heavy atom. The molecule has 1 atom stereocenters. The number of carbonyl (C=O) groups excluding carboxylic acids is 1. The smallest absolute Gasteiger partial charge is 0.161 e. The molecule has 0 aliphatic rings. The minimum absolute atomic E-state index is 0.182. The van der Waals surface area contributed by atoms with E-state index in [2.05, 4.69) is 11.8 Å². The molecule has 0 saturated carbocycles. The van der Waals surface area contributed by atoms with Gasteiger partial charge in [0.25, 0.3) is 0 Å². The molecule has 1 rings (SSSR count). The Hall–Kier alpha value is -2.79. The second-order valence-electron chi connectivity index (χ2n) is 6.00. The standard InChI is InChI=1S/C21H26N2O3/c1-6-18(10-9-15(2)3)8-7-13-23(17(5)25)21-12-11-19(22-26)14-20(21)16(4)24/h6-12,14,17,25H,2,13H2,1,3-5H3/b8-7-,10-9-,18-6-. The molecule has 0 amide bonds. The van der Waals surface area contributed by atoms with Gasteiger partial charge in [0.2, 0.25) is 0 Å². The summed E-state index contributed by atoms with van der Waals surface area (Å²) in [6.07, 6.45) is 8.87. The molecule has 5 heteroatoms. The highest BCUT2D eigenvalue weighted by atomic mass is 16.3. The molecular weight excluding hydrogens is 328 g/mol. The van der Waals surface area contributed by atoms with Crippen LogP contribution in [-0.4, -0.2) is 23.7 Å². The van der Waals surface area contributed by atoms with Crippen molar-refractivity contribution in [2.75, 3.05) is 11.4 Å². The van der Waals surface area contributed by atoms with Crippen molar-refractivity contribution in [2.24, 2.45) is 5.18 Å². The second-order valence-corrected chi connectivity index (χ2v) is 6.00. The van der Waals surface area contributed by atoms with Gasteiger partial charge in [0.15, 0.2) is 5.78 Å². The van der Waals surface area contributed by atoms with Crippen molar-refractivity contribution < 1.29 is 9.90 Å². The van der Waals surface area contributed by atoms with Gasteiger partial charge in [-0.25, -0.2) is 0 Å². The highest BCUT2D eigenvalue weighted by molar-refractivity contribution is 6.00. The molecule has 0 aromatic heterocycles. The molecule has 1 N–H and O–H groups in total. The monoisotopic (exact) mass is 354 g/mol. The maximum absolute atomic E-state index is 11.9. The van der Waals surface area contributed by atoms with Gasteiger partial charge in [-0.1, -0.05) is 42.5 Å². The number of hydrogen-bond acceptors (Lipinski definition) is 5. The maximum atomic E-state index is 11.9. The van der Waals surface area contributed by atoms with Crippen LogP contribution >= 0.6 is 0 Å². The summed E-state index contributed by atoms with van der Waals surface area (Å²) in [6, 6.07) is 4.60. The Kier molecular flexibility index (Phi) is 8.38. The summed E-state index contributed by atoms with van der Waals surface area (Å²) in [5, 5.41) is 13.0. The summed E-state index contributed by atoms with van der Waals surface area (Å²) >= 11 is 0. The SMILES string of the molecule is C=C(C)\C=C/C(/C=C\CN(c1ccc(N=O)cc1C(C)=O)C(C)O)=C\C. The van der Waals surface area contributed by atoms with Crippen molar-refractivity contribution >= 4 is 17.2 Å². The molecule has 138 valence electrons. The van der Waals surface area contributed by atoms with Crippen molar-refractivity contribution in [3.63, 3.8) is 0 Å². The minimum atomic E-state index is -0.812. The van der Waals surface area contributed by atoms with Gasteiger partial charge in [0.05, 0.1) is 0 Å². The van der Waals surface area contributed by atoms with Gasteiger partial charge >= 0.3 is 0 Å². The van der Waals surface area contributed by atoms with E-state index in [-0.39, 0.29) is 11.5 Å². The Morgan fingerprint density at radius 3 is 2.50 bits per heavy atom. The number of nitroso groups, excluding NO2 is 1. The molecule has 1 aromatic carbocycles. The van der Waals surface area contributed by atoms with Crippen LogP contribution in [0.2, 0.25) is 0 Å². The highest BCUT2D eigenvalue weighted by Gasteiger charge is 2.17. The zero-order chi connectivity index (χ0) is 19.7. The average Bonchev–Trinajstić information content (AvgIpc) is 2.60. The molecule has 1 aromatic rings. The quantitative estimate of drug-likeness (QED) is 0.291. The van der Waals surface area contributed by atoms with Crippen LogP contribution in [0.25, 0.3) is 0 Å². The number of Topliss-reactive ketones (excluding diaryl/α,β-unsaturated/α-hetero) is 1. The summed E-state index contributed by atoms with van der Waals surface area (Å²) in [5.74, 6) is -0.196. The van der Waals surface area contributed by atoms with E-state index in [1.165, 1.54) is 19.1 Å². The van der Waals surface area contributed by atoms with Crippen LogP contribution in [0, 0.1) is 4.91 Å². The molecular formula is C21H26N2O3. The minimum Gasteiger partial charge on any atom is -0.374 e. The summed E-state index contributed by atoms with van der Waals surface area (Å²) in [6.45, 7) is 11.1. The van der Waals surface area contributed by atoms with Crippen LogP contribution in [-0.2, 0) is 0 Å². The van der Waals surface area contributed by atoms with Crippen LogP contribution in [0.1, 0.15) is 38.1 Å². The van der Waals surface area contributed by atoms with Crippen LogP contribution in [0.3, 0.4) is 0 Å². The Morgan fingerprint density at radius 2 is 2.00 bits per heavy atom. The molecule has 0 fully saturated rings. The van der Waals surface area contributed by atoms with Crippen molar-refractivity contribution in [3.8, 4) is 0 Å². The predicted molar refractivity (Wildman–Crippen MR) is 108 cm³/mol. The molecule has 26 heavy (non-hydrogen) atoms. The van der Waals surface area contributed by atoms with E-state index in [1.54, 1.807) is 17.9 Å². The van der Waals surface area contributed by atoms with Gasteiger partial charge in [-0.2, -0.15) is 0 Å². The maximum Gasteiger partial charge on any atom is 0.161 e. The lowest BCUT2D eigenvalue weighted by atomic mass is 10.1. The third-order valence-corrected chi connectivity index (χ3v) is 3.73. The van der Waals surface area contributed by atoms with Crippen LogP contribution in [0.15, 0.2) is 71.5 Å². The number of aliphatic hydroxyl groups excluding tert-OH is 1. The van der Waals surface area contributed by atoms with Gasteiger partial charge in [0.1, 0.15) is 11.9 Å². The first-order valence-electron chi connectivity index (χ1n) is 8.39. The number of nitrogens with zero attached hydrogens (tertiary/aromatic N) is 2. The first-order valence-corrected chi connectivity index (χ1v) is 8.39. The van der Waals surface area contributed by atoms with E-state index < -0.39 is 6.23 Å². The van der Waals surface area contributed by atoms with Crippen molar-refractivity contribution in [2.45, 2.75) is 33.9 Å². The number of aliphatic hydroxyl groups is 1. The van der Waals surface area contributed by atoms with Crippen LogP contribution < -0.4 is 4.90 Å². The third-order valence-electron chi connectivity index (χ3n) is 3.73. The van der Waals surface area contributed by atoms with E-state index in [4.69, 9.17) is 0 Å². The number of anilines is 1. The summed E-state index contributed by atoms with van der Waals surface area (Å²) in [4.78, 5) is 24.4. The van der Waals surface area contributed by atoms with Gasteiger partial charge in [-0.15, -0.1) is 4.91 Å². The summed E-state index contributed by atoms with van der Waals surface area (Å²) < 4.78 is 0. The van der Waals surface area contributed by atoms with E-state index in [0.717, 1.165) is 11.1 Å². The number of carbonyl (C=O) groups is 1. The van der Waals surface area contributed by atoms with Gasteiger partial charge in [-0.3, -0.25) is 4.79 Å². The lowest BCUT2D eigenvalue weighted by molar-refractivity contribution is 0.101. The van der Waals surface area contributed by atoms with E-state index in [9.17, 15) is 14.8 Å². The van der Waals surface area contributed by atoms with E-state index >= 15 is 0 Å². The Bertz CT molecular complexity index is 759. The largest absolute Gasteiger partial charge is 0.374 e. The normalized spacial score (nSPS) is 13.2. The van der Waals surface area contributed by atoms with Crippen molar-refractivity contribution in [3.05, 3.63) is 76.8 Å². The topological polar surface area (TPSA) is 70.0 Å².